The summed E-state index contributed by atoms with van der Waals surface area (Å²) in [5, 5.41) is 12.0. The highest BCUT2D eigenvalue weighted by Crippen LogP contribution is 2.31. The van der Waals surface area contributed by atoms with Crippen molar-refractivity contribution >= 4 is 21.9 Å². The van der Waals surface area contributed by atoms with Crippen molar-refractivity contribution in [1.29, 1.82) is 0 Å². The molecule has 0 radical (unpaired) electrons. The van der Waals surface area contributed by atoms with E-state index in [9.17, 15) is 13.2 Å². The number of aliphatic hydroxyl groups is 1. The van der Waals surface area contributed by atoms with Crippen molar-refractivity contribution in [2.45, 2.75) is 37.7 Å². The van der Waals surface area contributed by atoms with Crippen molar-refractivity contribution < 1.29 is 23.1 Å². The third-order valence-corrected chi connectivity index (χ3v) is 8.08. The number of benzene rings is 3. The fourth-order valence-corrected chi connectivity index (χ4v) is 5.69. The van der Waals surface area contributed by atoms with Gasteiger partial charge in [0.1, 0.15) is 6.10 Å². The minimum atomic E-state index is -4.11. The number of sulfonamides is 1. The molecule has 10 heteroatoms. The Morgan fingerprint density at radius 1 is 0.975 bits per heavy atom. The Morgan fingerprint density at radius 2 is 1.70 bits per heavy atom. The molecule has 3 N–H and O–H groups in total. The van der Waals surface area contributed by atoms with Crippen LogP contribution >= 0.6 is 0 Å². The van der Waals surface area contributed by atoms with Crippen molar-refractivity contribution in [2.24, 2.45) is 0 Å². The number of aromatic nitrogens is 2. The number of carbonyl (C=O) groups is 1. The van der Waals surface area contributed by atoms with E-state index in [-0.39, 0.29) is 35.4 Å². The van der Waals surface area contributed by atoms with Gasteiger partial charge in [-0.3, -0.25) is 4.79 Å². The fourth-order valence-electron chi connectivity index (χ4n) is 4.70. The van der Waals surface area contributed by atoms with Crippen molar-refractivity contribution in [3.05, 3.63) is 101 Å². The number of fused-ring (bicyclic) bond motifs is 4. The lowest BCUT2D eigenvalue weighted by Crippen LogP contribution is -2.31. The summed E-state index contributed by atoms with van der Waals surface area (Å²) < 4.78 is 35.4. The van der Waals surface area contributed by atoms with Crippen molar-refractivity contribution in [2.75, 3.05) is 17.9 Å². The molecule has 4 bridgehead atoms. The second-order valence-corrected chi connectivity index (χ2v) is 11.4. The minimum Gasteiger partial charge on any atom is -0.467 e. The predicted octanol–water partition coefficient (Wildman–Crippen LogP) is 4.35. The van der Waals surface area contributed by atoms with Gasteiger partial charge in [-0.15, -0.1) is 0 Å². The summed E-state index contributed by atoms with van der Waals surface area (Å²) in [4.78, 5) is 21.9. The zero-order chi connectivity index (χ0) is 28.3. The number of aliphatic hydroxyl groups excluding tert-OH is 1. The van der Waals surface area contributed by atoms with E-state index in [1.807, 2.05) is 56.3 Å². The van der Waals surface area contributed by atoms with Crippen LogP contribution in [0.2, 0.25) is 0 Å². The highest BCUT2D eigenvalue weighted by molar-refractivity contribution is 7.92. The van der Waals surface area contributed by atoms with E-state index >= 15 is 0 Å². The van der Waals surface area contributed by atoms with Gasteiger partial charge in [0.2, 0.25) is 11.8 Å². The summed E-state index contributed by atoms with van der Waals surface area (Å²) in [6, 6.07) is 21.1. The Labute approximate surface area is 233 Å². The number of hydrogen-bond acceptors (Lipinski definition) is 7. The lowest BCUT2D eigenvalue weighted by Gasteiger charge is -2.21. The number of amides is 1. The Hall–Kier alpha value is -4.28. The van der Waals surface area contributed by atoms with Gasteiger partial charge in [0.25, 0.3) is 15.9 Å². The van der Waals surface area contributed by atoms with Gasteiger partial charge in [0, 0.05) is 23.8 Å². The van der Waals surface area contributed by atoms with Gasteiger partial charge in [-0.2, -0.15) is 4.98 Å². The van der Waals surface area contributed by atoms with Gasteiger partial charge in [-0.05, 0) is 67.1 Å². The molecule has 206 valence electrons. The zero-order valence-corrected chi connectivity index (χ0v) is 23.0. The van der Waals surface area contributed by atoms with Crippen LogP contribution in [0.25, 0.3) is 11.3 Å². The largest absolute Gasteiger partial charge is 0.467 e. The first kappa shape index (κ1) is 27.3. The molecule has 0 saturated heterocycles. The second kappa shape index (κ2) is 11.4. The van der Waals surface area contributed by atoms with E-state index in [1.54, 1.807) is 12.1 Å². The normalized spacial score (nSPS) is 16.4. The molecule has 1 unspecified atom stereocenters. The topological polar surface area (TPSA) is 131 Å². The second-order valence-electron chi connectivity index (χ2n) is 9.70. The Balaban J connectivity index is 1.63. The van der Waals surface area contributed by atoms with Crippen LogP contribution in [-0.2, 0) is 16.4 Å². The predicted molar refractivity (Wildman–Crippen MR) is 152 cm³/mol. The Bertz CT molecular complexity index is 1640. The molecular formula is C30H30N4O5S. The first-order valence-electron chi connectivity index (χ1n) is 13.0. The van der Waals surface area contributed by atoms with Gasteiger partial charge in [0.15, 0.2) is 0 Å². The molecule has 0 aliphatic carbocycles. The van der Waals surface area contributed by atoms with Crippen LogP contribution in [0, 0.1) is 13.8 Å². The molecule has 1 aliphatic rings. The molecule has 3 aromatic carbocycles. The molecule has 1 amide bonds. The van der Waals surface area contributed by atoms with Crippen LogP contribution in [0.4, 0.5) is 5.95 Å². The first-order valence-corrected chi connectivity index (χ1v) is 14.4. The third kappa shape index (κ3) is 5.98. The van der Waals surface area contributed by atoms with Crippen LogP contribution in [0.1, 0.15) is 45.1 Å². The van der Waals surface area contributed by atoms with Crippen LogP contribution in [0.15, 0.2) is 77.7 Å². The number of ether oxygens (including phenoxy) is 1. The number of hydrogen-bond donors (Lipinski definition) is 3. The number of carbonyl (C=O) groups excluding carboxylic acids is 1. The van der Waals surface area contributed by atoms with Crippen LogP contribution < -0.4 is 14.8 Å². The fraction of sp³-hybridized carbons (Fsp3) is 0.233. The number of nitrogens with zero attached hydrogens (tertiary/aromatic N) is 2. The molecule has 5 rings (SSSR count). The average molecular weight is 559 g/mol. The summed E-state index contributed by atoms with van der Waals surface area (Å²) in [7, 11) is -4.11. The van der Waals surface area contributed by atoms with Gasteiger partial charge in [-0.25, -0.2) is 18.1 Å². The van der Waals surface area contributed by atoms with Gasteiger partial charge >= 0.3 is 0 Å². The van der Waals surface area contributed by atoms with E-state index < -0.39 is 22.0 Å². The zero-order valence-electron chi connectivity index (χ0n) is 22.2. The first-order chi connectivity index (χ1) is 19.2. The summed E-state index contributed by atoms with van der Waals surface area (Å²) >= 11 is 0. The maximum atomic E-state index is 13.3. The highest BCUT2D eigenvalue weighted by atomic mass is 32.2. The lowest BCUT2D eigenvalue weighted by molar-refractivity contribution is 0.0925. The number of rotatable bonds is 5. The van der Waals surface area contributed by atoms with Gasteiger partial charge in [0.05, 0.1) is 17.1 Å². The molecule has 4 aromatic rings. The van der Waals surface area contributed by atoms with E-state index in [0.717, 1.165) is 34.2 Å². The molecular weight excluding hydrogens is 528 g/mol. The van der Waals surface area contributed by atoms with Gasteiger partial charge < -0.3 is 15.2 Å². The summed E-state index contributed by atoms with van der Waals surface area (Å²) in [6.45, 7) is 4.14. The molecule has 0 saturated carbocycles. The van der Waals surface area contributed by atoms with Gasteiger partial charge in [-0.1, -0.05) is 48.5 Å². The summed E-state index contributed by atoms with van der Waals surface area (Å²) in [6.07, 6.45) is 0.768. The molecule has 1 aromatic heterocycles. The molecule has 2 heterocycles. The van der Waals surface area contributed by atoms with E-state index in [0.29, 0.717) is 12.1 Å². The lowest BCUT2D eigenvalue weighted by atomic mass is 10.00. The number of nitrogens with one attached hydrogen (secondary N) is 2. The summed E-state index contributed by atoms with van der Waals surface area (Å²) in [5.74, 6) is -0.421. The monoisotopic (exact) mass is 558 g/mol. The number of anilines is 1. The smallest absolute Gasteiger partial charge is 0.264 e. The average Bonchev–Trinajstić information content (AvgIpc) is 2.94. The Kier molecular flexibility index (Phi) is 7.81. The molecule has 40 heavy (non-hydrogen) atoms. The minimum absolute atomic E-state index is 0.0852. The standard InChI is InChI=1S/C30H30N4O5S/c1-19-6-3-7-20(2)28(19)25-17-27-33-30(32-25)34-40(37,38)24-10-4-9-23(16-24)29(36)31-18-26(39-27)22-13-11-21(12-14-22)8-5-15-35/h3-4,6-7,9-14,16-17,26,35H,5,8,15,18H2,1-2H3,(H,31,36)(H,32,33,34). The summed E-state index contributed by atoms with van der Waals surface area (Å²) in [5.41, 5.74) is 5.34. The van der Waals surface area contributed by atoms with Crippen LogP contribution in [0.5, 0.6) is 5.88 Å². The van der Waals surface area contributed by atoms with Crippen LogP contribution in [0.3, 0.4) is 0 Å². The quantitative estimate of drug-likeness (QED) is 0.332. The van der Waals surface area contributed by atoms with Crippen molar-refractivity contribution in [1.82, 2.24) is 15.3 Å². The highest BCUT2D eigenvalue weighted by Gasteiger charge is 2.23. The third-order valence-electron chi connectivity index (χ3n) is 6.76. The maximum Gasteiger partial charge on any atom is 0.264 e. The van der Waals surface area contributed by atoms with Crippen LogP contribution in [-0.4, -0.2) is 42.6 Å². The van der Waals surface area contributed by atoms with E-state index in [2.05, 4.69) is 20.0 Å². The molecule has 9 nitrogen and oxygen atoms in total. The molecule has 1 aliphatic heterocycles. The molecule has 1 atom stereocenters. The molecule has 0 fully saturated rings. The van der Waals surface area contributed by atoms with E-state index in [1.165, 1.54) is 18.2 Å². The number of aryl methyl sites for hydroxylation is 3. The molecule has 0 spiro atoms. The SMILES string of the molecule is Cc1cccc(C)c1-c1cc2nc(n1)NS(=O)(=O)c1cccc(c1)C(=O)NCC(c1ccc(CCCO)cc1)O2. The van der Waals surface area contributed by atoms with E-state index in [4.69, 9.17) is 9.84 Å². The van der Waals surface area contributed by atoms with Crippen molar-refractivity contribution in [3.63, 3.8) is 0 Å². The maximum absolute atomic E-state index is 13.3. The Morgan fingerprint density at radius 3 is 2.42 bits per heavy atom. The van der Waals surface area contributed by atoms with Crippen molar-refractivity contribution in [3.8, 4) is 17.1 Å².